The van der Waals surface area contributed by atoms with Gasteiger partial charge >= 0.3 is 5.97 Å². The second kappa shape index (κ2) is 4.84. The zero-order valence-corrected chi connectivity index (χ0v) is 7.57. The van der Waals surface area contributed by atoms with E-state index in [4.69, 9.17) is 11.6 Å². The Bertz CT molecular complexity index is 273. The van der Waals surface area contributed by atoms with Gasteiger partial charge in [-0.2, -0.15) is 0 Å². The predicted octanol–water partition coefficient (Wildman–Crippen LogP) is 1.46. The number of aliphatic hydroxyl groups is 1. The molecule has 1 atom stereocenters. The fourth-order valence-electron chi connectivity index (χ4n) is 0.904. The number of carbonyl (C=O) groups is 1. The molecule has 0 aliphatic heterocycles. The van der Waals surface area contributed by atoms with E-state index in [0.29, 0.717) is 5.56 Å². The Labute approximate surface area is 80.9 Å². The van der Waals surface area contributed by atoms with Crippen LogP contribution in [0.4, 0.5) is 0 Å². The average molecular weight is 201 g/mol. The lowest BCUT2D eigenvalue weighted by Crippen LogP contribution is -2.14. The molecule has 0 heterocycles. The van der Waals surface area contributed by atoms with Crippen molar-refractivity contribution in [1.29, 1.82) is 0 Å². The summed E-state index contributed by atoms with van der Waals surface area (Å²) in [6.07, 6.45) is -1.25. The first kappa shape index (κ1) is 10.0. The molecular formula is C9H9ClO3. The first-order chi connectivity index (χ1) is 6.25. The van der Waals surface area contributed by atoms with Crippen molar-refractivity contribution in [3.05, 3.63) is 35.9 Å². The van der Waals surface area contributed by atoms with Crippen LogP contribution in [0.1, 0.15) is 11.7 Å². The fourth-order valence-corrected chi connectivity index (χ4v) is 1.01. The predicted molar refractivity (Wildman–Crippen MR) is 48.2 cm³/mol. The lowest BCUT2D eigenvalue weighted by molar-refractivity contribution is -0.151. The van der Waals surface area contributed by atoms with Gasteiger partial charge in [0.25, 0.3) is 0 Å². The maximum absolute atomic E-state index is 11.0. The lowest BCUT2D eigenvalue weighted by atomic mass is 10.1. The van der Waals surface area contributed by atoms with Crippen molar-refractivity contribution in [3.63, 3.8) is 0 Å². The van der Waals surface area contributed by atoms with Crippen LogP contribution < -0.4 is 0 Å². The van der Waals surface area contributed by atoms with Gasteiger partial charge in [-0.3, -0.25) is 0 Å². The second-order valence-electron chi connectivity index (χ2n) is 2.39. The van der Waals surface area contributed by atoms with Crippen molar-refractivity contribution in [3.8, 4) is 0 Å². The third-order valence-corrected chi connectivity index (χ3v) is 1.64. The molecule has 4 heteroatoms. The number of halogens is 1. The van der Waals surface area contributed by atoms with Crippen LogP contribution in [-0.2, 0) is 9.53 Å². The van der Waals surface area contributed by atoms with Crippen LogP contribution in [0.5, 0.6) is 0 Å². The highest BCUT2D eigenvalue weighted by Gasteiger charge is 2.17. The molecule has 0 aliphatic rings. The van der Waals surface area contributed by atoms with Crippen molar-refractivity contribution in [2.24, 2.45) is 0 Å². The number of hydrogen-bond donors (Lipinski definition) is 1. The van der Waals surface area contributed by atoms with Crippen molar-refractivity contribution in [2.45, 2.75) is 6.10 Å². The first-order valence-electron chi connectivity index (χ1n) is 3.71. The molecule has 1 aromatic carbocycles. The quantitative estimate of drug-likeness (QED) is 0.594. The van der Waals surface area contributed by atoms with Gasteiger partial charge in [0.05, 0.1) is 0 Å². The van der Waals surface area contributed by atoms with Gasteiger partial charge < -0.3 is 9.84 Å². The van der Waals surface area contributed by atoms with Crippen LogP contribution in [-0.4, -0.2) is 17.1 Å². The summed E-state index contributed by atoms with van der Waals surface area (Å²) in [5.74, 6) is -0.735. The number of alkyl halides is 1. The molecule has 0 spiro atoms. The zero-order valence-electron chi connectivity index (χ0n) is 6.81. The minimum absolute atomic E-state index is 0.247. The minimum Gasteiger partial charge on any atom is -0.447 e. The van der Waals surface area contributed by atoms with Gasteiger partial charge in [-0.25, -0.2) is 4.79 Å². The van der Waals surface area contributed by atoms with Crippen molar-refractivity contribution in [1.82, 2.24) is 0 Å². The summed E-state index contributed by atoms with van der Waals surface area (Å²) in [5.41, 5.74) is 0.498. The molecule has 1 unspecified atom stereocenters. The molecule has 1 N–H and O–H groups in total. The number of benzene rings is 1. The average Bonchev–Trinajstić information content (AvgIpc) is 2.18. The molecule has 70 valence electrons. The molecule has 0 amide bonds. The highest BCUT2D eigenvalue weighted by atomic mass is 35.5. The van der Waals surface area contributed by atoms with Gasteiger partial charge in [-0.15, -0.1) is 0 Å². The Morgan fingerprint density at radius 1 is 1.46 bits per heavy atom. The Morgan fingerprint density at radius 3 is 2.62 bits per heavy atom. The van der Waals surface area contributed by atoms with Crippen LogP contribution in [0.2, 0.25) is 0 Å². The largest absolute Gasteiger partial charge is 0.447 e. The van der Waals surface area contributed by atoms with E-state index in [2.05, 4.69) is 4.74 Å². The van der Waals surface area contributed by atoms with E-state index in [1.165, 1.54) is 0 Å². The Hall–Kier alpha value is -1.06. The summed E-state index contributed by atoms with van der Waals surface area (Å²) in [5, 5.41) is 9.39. The van der Waals surface area contributed by atoms with Crippen molar-refractivity contribution in [2.75, 3.05) is 6.07 Å². The van der Waals surface area contributed by atoms with E-state index in [9.17, 15) is 9.90 Å². The van der Waals surface area contributed by atoms with Gasteiger partial charge in [-0.1, -0.05) is 41.9 Å². The highest BCUT2D eigenvalue weighted by Crippen LogP contribution is 2.13. The third kappa shape index (κ3) is 2.72. The van der Waals surface area contributed by atoms with E-state index >= 15 is 0 Å². The van der Waals surface area contributed by atoms with Crippen molar-refractivity contribution < 1.29 is 14.6 Å². The van der Waals surface area contributed by atoms with Gasteiger partial charge in [0.15, 0.2) is 12.2 Å². The van der Waals surface area contributed by atoms with E-state index in [-0.39, 0.29) is 6.07 Å². The minimum atomic E-state index is -1.25. The molecule has 13 heavy (non-hydrogen) atoms. The monoisotopic (exact) mass is 200 g/mol. The zero-order chi connectivity index (χ0) is 9.68. The summed E-state index contributed by atoms with van der Waals surface area (Å²) in [7, 11) is 0. The number of esters is 1. The molecule has 1 aromatic rings. The normalized spacial score (nSPS) is 12.2. The maximum atomic E-state index is 11.0. The molecule has 0 fully saturated rings. The van der Waals surface area contributed by atoms with Crippen molar-refractivity contribution >= 4 is 17.6 Å². The van der Waals surface area contributed by atoms with Gasteiger partial charge in [0.2, 0.25) is 0 Å². The number of carbonyl (C=O) groups excluding carboxylic acids is 1. The molecule has 1 rings (SSSR count). The summed E-state index contributed by atoms with van der Waals surface area (Å²) >= 11 is 5.17. The second-order valence-corrected chi connectivity index (χ2v) is 2.60. The Kier molecular flexibility index (Phi) is 3.73. The van der Waals surface area contributed by atoms with Crippen LogP contribution in [0.3, 0.4) is 0 Å². The molecule has 3 nitrogen and oxygen atoms in total. The van der Waals surface area contributed by atoms with Crippen LogP contribution in [0.25, 0.3) is 0 Å². The van der Waals surface area contributed by atoms with E-state index in [1.54, 1.807) is 30.3 Å². The molecule has 0 aliphatic carbocycles. The van der Waals surface area contributed by atoms with Crippen LogP contribution >= 0.6 is 11.6 Å². The summed E-state index contributed by atoms with van der Waals surface area (Å²) < 4.78 is 4.43. The molecule has 0 bridgehead atoms. The van der Waals surface area contributed by atoms with Gasteiger partial charge in [0, 0.05) is 0 Å². The molecule has 0 saturated heterocycles. The number of rotatable bonds is 3. The Morgan fingerprint density at radius 2 is 2.08 bits per heavy atom. The van der Waals surface area contributed by atoms with Gasteiger partial charge in [-0.05, 0) is 5.56 Å². The highest BCUT2D eigenvalue weighted by molar-refractivity contribution is 6.17. The number of ether oxygens (including phenoxy) is 1. The van der Waals surface area contributed by atoms with Gasteiger partial charge in [0.1, 0.15) is 0 Å². The summed E-state index contributed by atoms with van der Waals surface area (Å²) in [4.78, 5) is 11.0. The first-order valence-corrected chi connectivity index (χ1v) is 4.24. The SMILES string of the molecule is O=C(OCCl)C(O)c1ccccc1. The number of hydrogen-bond acceptors (Lipinski definition) is 3. The van der Waals surface area contributed by atoms with E-state index < -0.39 is 12.1 Å². The van der Waals surface area contributed by atoms with E-state index in [1.807, 2.05) is 0 Å². The number of aliphatic hydroxyl groups excluding tert-OH is 1. The standard InChI is InChI=1S/C9H9ClO3/c10-6-13-9(12)8(11)7-4-2-1-3-5-7/h1-5,8,11H,6H2. The Balaban J connectivity index is 2.68. The van der Waals surface area contributed by atoms with Crippen LogP contribution in [0.15, 0.2) is 30.3 Å². The topological polar surface area (TPSA) is 46.5 Å². The molecule has 0 aromatic heterocycles. The lowest BCUT2D eigenvalue weighted by Gasteiger charge is -2.08. The maximum Gasteiger partial charge on any atom is 0.340 e. The summed E-state index contributed by atoms with van der Waals surface area (Å²) in [6.45, 7) is 0. The van der Waals surface area contributed by atoms with Crippen LogP contribution in [0, 0.1) is 0 Å². The van der Waals surface area contributed by atoms with E-state index in [0.717, 1.165) is 0 Å². The summed E-state index contributed by atoms with van der Waals surface area (Å²) in [6, 6.07) is 8.28. The molecule has 0 radical (unpaired) electrons. The molecule has 0 saturated carbocycles. The smallest absolute Gasteiger partial charge is 0.340 e. The fraction of sp³-hybridized carbons (Fsp3) is 0.222. The molecular weight excluding hydrogens is 192 g/mol. The third-order valence-electron chi connectivity index (χ3n) is 1.54.